The highest BCUT2D eigenvalue weighted by Gasteiger charge is 2.36. The quantitative estimate of drug-likeness (QED) is 0.483. The molecule has 0 aliphatic heterocycles. The molecule has 0 radical (unpaired) electrons. The molecule has 0 spiro atoms. The van der Waals surface area contributed by atoms with E-state index >= 15 is 0 Å². The Morgan fingerprint density at radius 2 is 2.22 bits per heavy atom. The average Bonchev–Trinajstić information content (AvgIpc) is 1.97. The molecule has 1 rings (SSSR count). The smallest absolute Gasteiger partial charge is 0.190 e. The van der Waals surface area contributed by atoms with E-state index in [0.29, 0.717) is 0 Å². The Morgan fingerprint density at radius 1 is 1.67 bits per heavy atom. The maximum Gasteiger partial charge on any atom is 0.190 e. The van der Waals surface area contributed by atoms with Gasteiger partial charge >= 0.3 is 0 Å². The number of ketones is 1. The predicted molar refractivity (Wildman–Crippen MR) is 32.8 cm³/mol. The summed E-state index contributed by atoms with van der Waals surface area (Å²) < 4.78 is 12.7. The van der Waals surface area contributed by atoms with Crippen molar-refractivity contribution in [2.75, 3.05) is 0 Å². The van der Waals surface area contributed by atoms with Gasteiger partial charge in [0.15, 0.2) is 12.0 Å². The summed E-state index contributed by atoms with van der Waals surface area (Å²) in [7, 11) is 0. The highest BCUT2D eigenvalue weighted by atomic mass is 19.1. The molecule has 1 atom stereocenters. The van der Waals surface area contributed by atoms with Gasteiger partial charge in [-0.2, -0.15) is 0 Å². The van der Waals surface area contributed by atoms with Crippen LogP contribution in [0.3, 0.4) is 0 Å². The second-order valence-electron chi connectivity index (χ2n) is 2.92. The Bertz CT molecular complexity index is 170. The summed E-state index contributed by atoms with van der Waals surface area (Å²) in [4.78, 5) is 10.5. The van der Waals surface area contributed by atoms with Crippen LogP contribution in [0.4, 0.5) is 4.39 Å². The van der Waals surface area contributed by atoms with Crippen LogP contribution in [0, 0.1) is 5.41 Å². The lowest BCUT2D eigenvalue weighted by atomic mass is 9.91. The molecule has 0 heterocycles. The van der Waals surface area contributed by atoms with Crippen molar-refractivity contribution in [1.29, 1.82) is 0 Å². The minimum atomic E-state index is -1.32. The number of carbonyl (C=O) groups excluding carboxylic acids is 1. The van der Waals surface area contributed by atoms with E-state index in [0.717, 1.165) is 0 Å². The Kier molecular flexibility index (Phi) is 1.19. The maximum atomic E-state index is 12.7. The Labute approximate surface area is 53.6 Å². The summed E-state index contributed by atoms with van der Waals surface area (Å²) >= 11 is 0. The molecule has 2 heteroatoms. The van der Waals surface area contributed by atoms with Gasteiger partial charge in [0.2, 0.25) is 0 Å². The SMILES string of the molecule is CC1(C)C=CC(=O)C1F. The molecule has 0 bridgehead atoms. The van der Waals surface area contributed by atoms with Crippen LogP contribution in [-0.4, -0.2) is 12.0 Å². The zero-order valence-electron chi connectivity index (χ0n) is 5.52. The first-order chi connectivity index (χ1) is 4.04. The fourth-order valence-corrected chi connectivity index (χ4v) is 0.833. The van der Waals surface area contributed by atoms with Gasteiger partial charge in [0.05, 0.1) is 0 Å². The second kappa shape index (κ2) is 1.66. The molecule has 0 aromatic carbocycles. The number of carbonyl (C=O) groups is 1. The highest BCUT2D eigenvalue weighted by molar-refractivity contribution is 5.97. The molecule has 1 nitrogen and oxygen atoms in total. The van der Waals surface area contributed by atoms with E-state index in [4.69, 9.17) is 0 Å². The van der Waals surface area contributed by atoms with E-state index in [1.54, 1.807) is 19.9 Å². The summed E-state index contributed by atoms with van der Waals surface area (Å²) in [5.41, 5.74) is -0.572. The van der Waals surface area contributed by atoms with Crippen molar-refractivity contribution in [3.63, 3.8) is 0 Å². The second-order valence-corrected chi connectivity index (χ2v) is 2.92. The van der Waals surface area contributed by atoms with Gasteiger partial charge in [-0.05, 0) is 6.08 Å². The zero-order chi connectivity index (χ0) is 7.07. The summed E-state index contributed by atoms with van der Waals surface area (Å²) in [6, 6.07) is 0. The lowest BCUT2D eigenvalue weighted by Crippen LogP contribution is -2.24. The van der Waals surface area contributed by atoms with Gasteiger partial charge in [0.25, 0.3) is 0 Å². The number of rotatable bonds is 0. The predicted octanol–water partition coefficient (Wildman–Crippen LogP) is 1.49. The van der Waals surface area contributed by atoms with Crippen molar-refractivity contribution in [3.05, 3.63) is 12.2 Å². The van der Waals surface area contributed by atoms with Crippen molar-refractivity contribution >= 4 is 5.78 Å². The van der Waals surface area contributed by atoms with Crippen LogP contribution in [-0.2, 0) is 4.79 Å². The van der Waals surface area contributed by atoms with Gasteiger partial charge in [-0.3, -0.25) is 4.79 Å². The van der Waals surface area contributed by atoms with E-state index < -0.39 is 17.4 Å². The first kappa shape index (κ1) is 6.46. The van der Waals surface area contributed by atoms with Crippen LogP contribution in [0.2, 0.25) is 0 Å². The average molecular weight is 128 g/mol. The first-order valence-corrected chi connectivity index (χ1v) is 2.91. The lowest BCUT2D eigenvalue weighted by molar-refractivity contribution is -0.120. The first-order valence-electron chi connectivity index (χ1n) is 2.91. The van der Waals surface area contributed by atoms with Gasteiger partial charge in [-0.25, -0.2) is 4.39 Å². The maximum absolute atomic E-state index is 12.7. The fourth-order valence-electron chi connectivity index (χ4n) is 0.833. The third-order valence-electron chi connectivity index (χ3n) is 1.58. The van der Waals surface area contributed by atoms with E-state index in [1.807, 2.05) is 0 Å². The molecule has 1 unspecified atom stereocenters. The molecule has 1 aliphatic carbocycles. The zero-order valence-corrected chi connectivity index (χ0v) is 5.52. The van der Waals surface area contributed by atoms with Crippen LogP contribution < -0.4 is 0 Å². The van der Waals surface area contributed by atoms with E-state index in [2.05, 4.69) is 0 Å². The number of hydrogen-bond donors (Lipinski definition) is 0. The Morgan fingerprint density at radius 3 is 2.33 bits per heavy atom. The summed E-state index contributed by atoms with van der Waals surface area (Å²) in [5, 5.41) is 0. The van der Waals surface area contributed by atoms with Crippen LogP contribution in [0.5, 0.6) is 0 Å². The van der Waals surface area contributed by atoms with E-state index in [1.165, 1.54) is 6.08 Å². The minimum Gasteiger partial charge on any atom is -0.292 e. The standard InChI is InChI=1S/C7H9FO/c1-7(2)4-3-5(9)6(7)8/h3-4,6H,1-2H3. The van der Waals surface area contributed by atoms with Crippen LogP contribution in [0.15, 0.2) is 12.2 Å². The lowest BCUT2D eigenvalue weighted by Gasteiger charge is -2.16. The van der Waals surface area contributed by atoms with Gasteiger partial charge in [0, 0.05) is 5.41 Å². The largest absolute Gasteiger partial charge is 0.292 e. The van der Waals surface area contributed by atoms with Gasteiger partial charge < -0.3 is 0 Å². The molecule has 0 fully saturated rings. The summed E-state index contributed by atoms with van der Waals surface area (Å²) in [5.74, 6) is -0.403. The van der Waals surface area contributed by atoms with Crippen LogP contribution >= 0.6 is 0 Å². The normalized spacial score (nSPS) is 31.4. The highest BCUT2D eigenvalue weighted by Crippen LogP contribution is 2.30. The third kappa shape index (κ3) is 0.889. The van der Waals surface area contributed by atoms with Crippen molar-refractivity contribution in [2.24, 2.45) is 5.41 Å². The van der Waals surface area contributed by atoms with Crippen molar-refractivity contribution in [2.45, 2.75) is 20.0 Å². The summed E-state index contributed by atoms with van der Waals surface area (Å²) in [6.45, 7) is 3.41. The van der Waals surface area contributed by atoms with Gasteiger partial charge in [-0.1, -0.05) is 19.9 Å². The molecule has 0 saturated carbocycles. The Balaban J connectivity index is 2.86. The van der Waals surface area contributed by atoms with E-state index in [9.17, 15) is 9.18 Å². The van der Waals surface area contributed by atoms with Gasteiger partial charge in [-0.15, -0.1) is 0 Å². The number of halogens is 1. The molecule has 0 saturated heterocycles. The molecule has 1 aliphatic rings. The van der Waals surface area contributed by atoms with Crippen LogP contribution in [0.25, 0.3) is 0 Å². The molecular weight excluding hydrogens is 119 g/mol. The fraction of sp³-hybridized carbons (Fsp3) is 0.571. The molecule has 0 aromatic rings. The van der Waals surface area contributed by atoms with Crippen molar-refractivity contribution < 1.29 is 9.18 Å². The molecule has 0 amide bonds. The molecule has 9 heavy (non-hydrogen) atoms. The third-order valence-corrected chi connectivity index (χ3v) is 1.58. The van der Waals surface area contributed by atoms with Crippen molar-refractivity contribution in [1.82, 2.24) is 0 Å². The molecule has 0 N–H and O–H groups in total. The van der Waals surface area contributed by atoms with Crippen LogP contribution in [0.1, 0.15) is 13.8 Å². The number of alkyl halides is 1. The Hall–Kier alpha value is -0.660. The number of allylic oxidation sites excluding steroid dienone is 2. The summed E-state index contributed by atoms with van der Waals surface area (Å²) in [6.07, 6.45) is 1.60. The van der Waals surface area contributed by atoms with E-state index in [-0.39, 0.29) is 0 Å². The van der Waals surface area contributed by atoms with Gasteiger partial charge in [0.1, 0.15) is 0 Å². The number of hydrogen-bond acceptors (Lipinski definition) is 1. The topological polar surface area (TPSA) is 17.1 Å². The van der Waals surface area contributed by atoms with Crippen molar-refractivity contribution in [3.8, 4) is 0 Å². The molecule has 0 aromatic heterocycles. The monoisotopic (exact) mass is 128 g/mol. The minimum absolute atomic E-state index is 0.403. The molecule has 50 valence electrons. The molecular formula is C7H9FO.